The fraction of sp³-hybridized carbons (Fsp3) is 0.0769. The molecule has 0 radical (unpaired) electrons. The third kappa shape index (κ3) is 1.94. The Kier molecular flexibility index (Phi) is 2.89. The highest BCUT2D eigenvalue weighted by Gasteiger charge is 2.09. The van der Waals surface area contributed by atoms with E-state index in [1.54, 1.807) is 0 Å². The van der Waals surface area contributed by atoms with Gasteiger partial charge in [-0.05, 0) is 11.6 Å². The van der Waals surface area contributed by atoms with Gasteiger partial charge in [0.2, 0.25) is 0 Å². The number of benzene rings is 1. The van der Waals surface area contributed by atoms with Crippen LogP contribution in [0.1, 0.15) is 5.82 Å². The summed E-state index contributed by atoms with van der Waals surface area (Å²) in [5, 5.41) is 0. The number of nitrogens with zero attached hydrogens (tertiary/aromatic N) is 1. The fourth-order valence-corrected chi connectivity index (χ4v) is 2.92. The summed E-state index contributed by atoms with van der Waals surface area (Å²) in [6, 6.07) is 11.9. The Labute approximate surface area is 112 Å². The number of H-pyrrole nitrogens is 1. The molecule has 0 aliphatic rings. The number of nitrogens with one attached hydrogen (secondary N) is 1. The van der Waals surface area contributed by atoms with E-state index in [0.717, 1.165) is 10.4 Å². The second-order valence-corrected chi connectivity index (χ2v) is 5.16. The van der Waals surface area contributed by atoms with Crippen LogP contribution < -0.4 is 5.56 Å². The van der Waals surface area contributed by atoms with Crippen molar-refractivity contribution in [3.8, 4) is 10.4 Å². The van der Waals surface area contributed by atoms with Gasteiger partial charge in [-0.3, -0.25) is 4.79 Å². The Balaban J connectivity index is 2.23. The molecule has 2 heterocycles. The maximum atomic E-state index is 11.9. The van der Waals surface area contributed by atoms with Crippen molar-refractivity contribution < 1.29 is 0 Å². The van der Waals surface area contributed by atoms with E-state index < -0.39 is 0 Å². The molecule has 0 atom stereocenters. The Morgan fingerprint density at radius 3 is 2.78 bits per heavy atom. The van der Waals surface area contributed by atoms with Gasteiger partial charge in [-0.2, -0.15) is 0 Å². The van der Waals surface area contributed by atoms with Gasteiger partial charge in [0.15, 0.2) is 0 Å². The lowest BCUT2D eigenvalue weighted by Gasteiger charge is -1.93. The average molecular weight is 277 g/mol. The van der Waals surface area contributed by atoms with Crippen LogP contribution in [0.3, 0.4) is 0 Å². The van der Waals surface area contributed by atoms with Gasteiger partial charge in [0.25, 0.3) is 5.56 Å². The molecular formula is C13H9ClN2OS. The molecular weight excluding hydrogens is 268 g/mol. The van der Waals surface area contributed by atoms with E-state index in [4.69, 9.17) is 11.6 Å². The van der Waals surface area contributed by atoms with Gasteiger partial charge in [0, 0.05) is 4.88 Å². The first kappa shape index (κ1) is 11.4. The topological polar surface area (TPSA) is 45.8 Å². The van der Waals surface area contributed by atoms with Gasteiger partial charge in [0.05, 0.1) is 11.4 Å². The molecule has 2 aromatic heterocycles. The highest BCUT2D eigenvalue weighted by molar-refractivity contribution is 7.22. The molecule has 0 amide bonds. The molecule has 0 saturated heterocycles. The number of aromatic amines is 1. The molecule has 0 aliphatic heterocycles. The predicted octanol–water partition coefficient (Wildman–Crippen LogP) is 3.39. The Hall–Kier alpha value is -1.65. The van der Waals surface area contributed by atoms with Crippen molar-refractivity contribution in [1.29, 1.82) is 0 Å². The predicted molar refractivity (Wildman–Crippen MR) is 75.2 cm³/mol. The van der Waals surface area contributed by atoms with E-state index in [1.807, 2.05) is 36.4 Å². The molecule has 90 valence electrons. The molecule has 0 aliphatic carbocycles. The summed E-state index contributed by atoms with van der Waals surface area (Å²) in [7, 11) is 0. The van der Waals surface area contributed by atoms with E-state index in [-0.39, 0.29) is 11.4 Å². The molecule has 3 rings (SSSR count). The number of alkyl halides is 1. The van der Waals surface area contributed by atoms with E-state index >= 15 is 0 Å². The number of aromatic nitrogens is 2. The molecule has 1 aromatic carbocycles. The molecule has 18 heavy (non-hydrogen) atoms. The SMILES string of the molecule is O=c1[nH]c(CCl)nc2cc(-c3ccccc3)sc12. The van der Waals surface area contributed by atoms with Crippen molar-refractivity contribution in [2.75, 3.05) is 0 Å². The van der Waals surface area contributed by atoms with Crippen LogP contribution in [0, 0.1) is 0 Å². The number of hydrogen-bond acceptors (Lipinski definition) is 3. The first-order valence-electron chi connectivity index (χ1n) is 5.42. The monoisotopic (exact) mass is 276 g/mol. The van der Waals surface area contributed by atoms with Gasteiger partial charge < -0.3 is 4.98 Å². The van der Waals surface area contributed by atoms with Crippen LogP contribution in [0.5, 0.6) is 0 Å². The van der Waals surface area contributed by atoms with Gasteiger partial charge in [-0.15, -0.1) is 22.9 Å². The Bertz CT molecular complexity index is 749. The molecule has 3 aromatic rings. The number of hydrogen-bond donors (Lipinski definition) is 1. The summed E-state index contributed by atoms with van der Waals surface area (Å²) in [4.78, 5) is 19.9. The van der Waals surface area contributed by atoms with Gasteiger partial charge in [-0.25, -0.2) is 4.98 Å². The second-order valence-electron chi connectivity index (χ2n) is 3.84. The third-order valence-electron chi connectivity index (χ3n) is 2.62. The summed E-state index contributed by atoms with van der Waals surface area (Å²) in [5.41, 5.74) is 1.67. The van der Waals surface area contributed by atoms with Gasteiger partial charge in [-0.1, -0.05) is 30.3 Å². The van der Waals surface area contributed by atoms with E-state index in [2.05, 4.69) is 9.97 Å². The summed E-state index contributed by atoms with van der Waals surface area (Å²) in [6.07, 6.45) is 0. The molecule has 0 spiro atoms. The van der Waals surface area contributed by atoms with E-state index in [9.17, 15) is 4.79 Å². The number of thiophene rings is 1. The molecule has 0 fully saturated rings. The van der Waals surface area contributed by atoms with Crippen molar-refractivity contribution in [3.05, 3.63) is 52.6 Å². The Morgan fingerprint density at radius 2 is 2.06 bits per heavy atom. The highest BCUT2D eigenvalue weighted by atomic mass is 35.5. The van der Waals surface area contributed by atoms with Crippen LogP contribution >= 0.6 is 22.9 Å². The van der Waals surface area contributed by atoms with Gasteiger partial charge >= 0.3 is 0 Å². The number of rotatable bonds is 2. The minimum Gasteiger partial charge on any atom is -0.308 e. The third-order valence-corrected chi connectivity index (χ3v) is 4.04. The summed E-state index contributed by atoms with van der Waals surface area (Å²) >= 11 is 7.14. The second kappa shape index (κ2) is 4.55. The number of halogens is 1. The molecule has 0 bridgehead atoms. The van der Waals surface area contributed by atoms with Crippen molar-refractivity contribution in [2.24, 2.45) is 0 Å². The van der Waals surface area contributed by atoms with Crippen molar-refractivity contribution in [2.45, 2.75) is 5.88 Å². The van der Waals surface area contributed by atoms with E-state index in [1.165, 1.54) is 11.3 Å². The Morgan fingerprint density at radius 1 is 1.28 bits per heavy atom. The number of fused-ring (bicyclic) bond motifs is 1. The summed E-state index contributed by atoms with van der Waals surface area (Å²) < 4.78 is 0.641. The molecule has 1 N–H and O–H groups in total. The fourth-order valence-electron chi connectivity index (χ4n) is 1.80. The molecule has 5 heteroatoms. The van der Waals surface area contributed by atoms with E-state index in [0.29, 0.717) is 16.0 Å². The first-order chi connectivity index (χ1) is 8.78. The first-order valence-corrected chi connectivity index (χ1v) is 6.77. The zero-order chi connectivity index (χ0) is 12.5. The zero-order valence-corrected chi connectivity index (χ0v) is 10.9. The van der Waals surface area contributed by atoms with Crippen LogP contribution in [-0.2, 0) is 5.88 Å². The standard InChI is InChI=1S/C13H9ClN2OS/c14-7-11-15-9-6-10(8-4-2-1-3-5-8)18-12(9)13(17)16-11/h1-6H,7H2,(H,15,16,17). The van der Waals surface area contributed by atoms with Crippen molar-refractivity contribution in [3.63, 3.8) is 0 Å². The lowest BCUT2D eigenvalue weighted by molar-refractivity contribution is 1.04. The average Bonchev–Trinajstić information content (AvgIpc) is 2.84. The quantitative estimate of drug-likeness (QED) is 0.729. The van der Waals surface area contributed by atoms with Crippen LogP contribution in [0.2, 0.25) is 0 Å². The summed E-state index contributed by atoms with van der Waals surface area (Å²) in [6.45, 7) is 0. The molecule has 3 nitrogen and oxygen atoms in total. The summed E-state index contributed by atoms with van der Waals surface area (Å²) in [5.74, 6) is 0.716. The maximum absolute atomic E-state index is 11.9. The van der Waals surface area contributed by atoms with Crippen molar-refractivity contribution in [1.82, 2.24) is 9.97 Å². The van der Waals surface area contributed by atoms with Crippen LogP contribution in [0.15, 0.2) is 41.2 Å². The molecule has 0 saturated carbocycles. The van der Waals surface area contributed by atoms with Gasteiger partial charge in [0.1, 0.15) is 10.5 Å². The minimum absolute atomic E-state index is 0.122. The van der Waals surface area contributed by atoms with Crippen LogP contribution in [0.4, 0.5) is 0 Å². The lowest BCUT2D eigenvalue weighted by atomic mass is 10.2. The molecule has 0 unspecified atom stereocenters. The lowest BCUT2D eigenvalue weighted by Crippen LogP contribution is -2.08. The largest absolute Gasteiger partial charge is 0.308 e. The highest BCUT2D eigenvalue weighted by Crippen LogP contribution is 2.30. The normalized spacial score (nSPS) is 10.9. The smallest absolute Gasteiger partial charge is 0.268 e. The van der Waals surface area contributed by atoms with Crippen molar-refractivity contribution >= 4 is 33.2 Å². The minimum atomic E-state index is -0.122. The van der Waals surface area contributed by atoms with Crippen LogP contribution in [-0.4, -0.2) is 9.97 Å². The maximum Gasteiger partial charge on any atom is 0.268 e. The van der Waals surface area contributed by atoms with Crippen LogP contribution in [0.25, 0.3) is 20.7 Å². The zero-order valence-electron chi connectivity index (χ0n) is 9.31.